The zero-order chi connectivity index (χ0) is 11.4. The molecule has 2 rings (SSSR count). The Kier molecular flexibility index (Phi) is 3.44. The fourth-order valence-corrected chi connectivity index (χ4v) is 1.93. The van der Waals surface area contributed by atoms with E-state index in [-0.39, 0.29) is 6.03 Å². The fraction of sp³-hybridized carbons (Fsp3) is 0.636. The topological polar surface area (TPSA) is 61.0 Å². The molecule has 2 N–H and O–H groups in total. The SMILES string of the molecule is Cc1[nH]ncc1CNC(=O)N1CCCCC1. The Bertz CT molecular complexity index is 355. The molecule has 1 fully saturated rings. The van der Waals surface area contributed by atoms with Crippen LogP contribution in [-0.4, -0.2) is 34.2 Å². The van der Waals surface area contributed by atoms with E-state index in [2.05, 4.69) is 15.5 Å². The molecular formula is C11H18N4O. The summed E-state index contributed by atoms with van der Waals surface area (Å²) < 4.78 is 0. The van der Waals surface area contributed by atoms with Crippen molar-refractivity contribution in [2.24, 2.45) is 0 Å². The molecule has 1 saturated heterocycles. The maximum atomic E-state index is 11.8. The normalized spacial score (nSPS) is 16.2. The third-order valence-electron chi connectivity index (χ3n) is 3.01. The van der Waals surface area contributed by atoms with E-state index in [0.717, 1.165) is 37.2 Å². The van der Waals surface area contributed by atoms with E-state index in [0.29, 0.717) is 6.54 Å². The Balaban J connectivity index is 1.81. The second kappa shape index (κ2) is 5.01. The number of likely N-dealkylation sites (tertiary alicyclic amines) is 1. The number of rotatable bonds is 2. The second-order valence-electron chi connectivity index (χ2n) is 4.23. The van der Waals surface area contributed by atoms with Gasteiger partial charge in [-0.05, 0) is 26.2 Å². The minimum absolute atomic E-state index is 0.0419. The Labute approximate surface area is 95.2 Å². The molecule has 0 radical (unpaired) electrons. The van der Waals surface area contributed by atoms with E-state index < -0.39 is 0 Å². The highest BCUT2D eigenvalue weighted by Crippen LogP contribution is 2.09. The molecule has 0 aromatic carbocycles. The summed E-state index contributed by atoms with van der Waals surface area (Å²) in [4.78, 5) is 13.7. The van der Waals surface area contributed by atoms with Gasteiger partial charge in [-0.3, -0.25) is 5.10 Å². The van der Waals surface area contributed by atoms with E-state index in [1.54, 1.807) is 6.20 Å². The highest BCUT2D eigenvalue weighted by atomic mass is 16.2. The number of hydrogen-bond donors (Lipinski definition) is 2. The molecule has 0 aliphatic carbocycles. The van der Waals surface area contributed by atoms with Gasteiger partial charge in [-0.1, -0.05) is 0 Å². The van der Waals surface area contributed by atoms with Crippen molar-refractivity contribution in [1.29, 1.82) is 0 Å². The van der Waals surface area contributed by atoms with Gasteiger partial charge in [0.2, 0.25) is 0 Å². The minimum Gasteiger partial charge on any atom is -0.334 e. The zero-order valence-corrected chi connectivity index (χ0v) is 9.62. The molecule has 1 aliphatic rings. The average molecular weight is 222 g/mol. The monoisotopic (exact) mass is 222 g/mol. The van der Waals surface area contributed by atoms with Gasteiger partial charge in [0.1, 0.15) is 0 Å². The highest BCUT2D eigenvalue weighted by Gasteiger charge is 2.15. The predicted molar refractivity (Wildman–Crippen MR) is 61.0 cm³/mol. The van der Waals surface area contributed by atoms with Crippen LogP contribution in [0.15, 0.2) is 6.20 Å². The van der Waals surface area contributed by atoms with E-state index in [4.69, 9.17) is 0 Å². The van der Waals surface area contributed by atoms with Gasteiger partial charge < -0.3 is 10.2 Å². The quantitative estimate of drug-likeness (QED) is 0.794. The van der Waals surface area contributed by atoms with Crippen LogP contribution >= 0.6 is 0 Å². The Morgan fingerprint density at radius 2 is 2.25 bits per heavy atom. The van der Waals surface area contributed by atoms with Gasteiger partial charge in [-0.15, -0.1) is 0 Å². The zero-order valence-electron chi connectivity index (χ0n) is 9.62. The van der Waals surface area contributed by atoms with Crippen LogP contribution in [0.2, 0.25) is 0 Å². The lowest BCUT2D eigenvalue weighted by Crippen LogP contribution is -2.42. The van der Waals surface area contributed by atoms with E-state index in [1.807, 2.05) is 11.8 Å². The molecule has 2 heterocycles. The lowest BCUT2D eigenvalue weighted by Gasteiger charge is -2.26. The maximum Gasteiger partial charge on any atom is 0.317 e. The van der Waals surface area contributed by atoms with Crippen LogP contribution in [-0.2, 0) is 6.54 Å². The third-order valence-corrected chi connectivity index (χ3v) is 3.01. The number of aromatic nitrogens is 2. The Morgan fingerprint density at radius 3 is 2.88 bits per heavy atom. The molecule has 1 aliphatic heterocycles. The maximum absolute atomic E-state index is 11.8. The number of nitrogens with one attached hydrogen (secondary N) is 2. The summed E-state index contributed by atoms with van der Waals surface area (Å²) in [6.45, 7) is 4.28. The van der Waals surface area contributed by atoms with Gasteiger partial charge >= 0.3 is 6.03 Å². The molecule has 5 heteroatoms. The van der Waals surface area contributed by atoms with E-state index in [1.165, 1.54) is 6.42 Å². The van der Waals surface area contributed by atoms with Crippen molar-refractivity contribution in [2.45, 2.75) is 32.7 Å². The number of urea groups is 1. The fourth-order valence-electron chi connectivity index (χ4n) is 1.93. The van der Waals surface area contributed by atoms with E-state index >= 15 is 0 Å². The number of aryl methyl sites for hydroxylation is 1. The summed E-state index contributed by atoms with van der Waals surface area (Å²) >= 11 is 0. The molecule has 0 unspecified atom stereocenters. The molecule has 0 saturated carbocycles. The van der Waals surface area contributed by atoms with Crippen LogP contribution in [0, 0.1) is 6.92 Å². The summed E-state index contributed by atoms with van der Waals surface area (Å²) in [6.07, 6.45) is 5.24. The van der Waals surface area contributed by atoms with Crippen LogP contribution < -0.4 is 5.32 Å². The number of carbonyl (C=O) groups is 1. The van der Waals surface area contributed by atoms with Crippen molar-refractivity contribution in [1.82, 2.24) is 20.4 Å². The van der Waals surface area contributed by atoms with Gasteiger partial charge in [-0.25, -0.2) is 4.79 Å². The van der Waals surface area contributed by atoms with Crippen LogP contribution in [0.3, 0.4) is 0 Å². The predicted octanol–water partition coefficient (Wildman–Crippen LogP) is 1.41. The third kappa shape index (κ3) is 2.53. The minimum atomic E-state index is 0.0419. The van der Waals surface area contributed by atoms with Crippen molar-refractivity contribution in [3.8, 4) is 0 Å². The summed E-state index contributed by atoms with van der Waals surface area (Å²) in [7, 11) is 0. The van der Waals surface area contributed by atoms with Gasteiger partial charge in [0.25, 0.3) is 0 Å². The van der Waals surface area contributed by atoms with Gasteiger partial charge in [0.15, 0.2) is 0 Å². The first-order valence-electron chi connectivity index (χ1n) is 5.79. The van der Waals surface area contributed by atoms with Gasteiger partial charge in [0.05, 0.1) is 6.20 Å². The lowest BCUT2D eigenvalue weighted by atomic mass is 10.1. The molecule has 1 aromatic rings. The number of piperidine rings is 1. The smallest absolute Gasteiger partial charge is 0.317 e. The first-order valence-corrected chi connectivity index (χ1v) is 5.79. The number of nitrogens with zero attached hydrogens (tertiary/aromatic N) is 2. The number of hydrogen-bond acceptors (Lipinski definition) is 2. The number of carbonyl (C=O) groups excluding carboxylic acids is 1. The van der Waals surface area contributed by atoms with Crippen molar-refractivity contribution >= 4 is 6.03 Å². The largest absolute Gasteiger partial charge is 0.334 e. The van der Waals surface area contributed by atoms with Crippen LogP contribution in [0.4, 0.5) is 4.79 Å². The standard InChI is InChI=1S/C11H18N4O/c1-9-10(8-13-14-9)7-12-11(16)15-5-3-2-4-6-15/h8H,2-7H2,1H3,(H,12,16)(H,13,14). The van der Waals surface area contributed by atoms with Crippen molar-refractivity contribution < 1.29 is 4.79 Å². The Morgan fingerprint density at radius 1 is 1.50 bits per heavy atom. The first kappa shape index (κ1) is 11.0. The van der Waals surface area contributed by atoms with Crippen LogP contribution in [0.1, 0.15) is 30.5 Å². The van der Waals surface area contributed by atoms with Crippen molar-refractivity contribution in [3.05, 3.63) is 17.5 Å². The molecular weight excluding hydrogens is 204 g/mol. The number of aromatic amines is 1. The summed E-state index contributed by atoms with van der Waals surface area (Å²) in [5, 5.41) is 9.70. The highest BCUT2D eigenvalue weighted by molar-refractivity contribution is 5.74. The van der Waals surface area contributed by atoms with Crippen LogP contribution in [0.25, 0.3) is 0 Å². The average Bonchev–Trinajstić information content (AvgIpc) is 2.73. The van der Waals surface area contributed by atoms with Crippen molar-refractivity contribution in [3.63, 3.8) is 0 Å². The van der Waals surface area contributed by atoms with Gasteiger partial charge in [0, 0.05) is 30.9 Å². The summed E-state index contributed by atoms with van der Waals surface area (Å²) in [6, 6.07) is 0.0419. The Hall–Kier alpha value is -1.52. The van der Waals surface area contributed by atoms with Gasteiger partial charge in [-0.2, -0.15) is 5.10 Å². The second-order valence-corrected chi connectivity index (χ2v) is 4.23. The number of amides is 2. The molecule has 5 nitrogen and oxygen atoms in total. The molecule has 0 atom stereocenters. The van der Waals surface area contributed by atoms with E-state index in [9.17, 15) is 4.79 Å². The molecule has 0 bridgehead atoms. The molecule has 88 valence electrons. The first-order chi connectivity index (χ1) is 7.77. The van der Waals surface area contributed by atoms with Crippen LogP contribution in [0.5, 0.6) is 0 Å². The molecule has 16 heavy (non-hydrogen) atoms. The van der Waals surface area contributed by atoms with Crippen molar-refractivity contribution in [2.75, 3.05) is 13.1 Å². The molecule has 0 spiro atoms. The number of H-pyrrole nitrogens is 1. The summed E-state index contributed by atoms with van der Waals surface area (Å²) in [5.41, 5.74) is 2.06. The molecule has 1 aromatic heterocycles. The lowest BCUT2D eigenvalue weighted by molar-refractivity contribution is 0.186. The summed E-state index contributed by atoms with van der Waals surface area (Å²) in [5.74, 6) is 0. The molecule has 2 amide bonds.